The molecule has 1 amide bonds. The fourth-order valence-electron chi connectivity index (χ4n) is 3.51. The van der Waals surface area contributed by atoms with Crippen LogP contribution >= 0.6 is 23.2 Å². The molecule has 0 radical (unpaired) electrons. The molecule has 2 fully saturated rings. The van der Waals surface area contributed by atoms with Crippen molar-refractivity contribution in [2.45, 2.75) is 25.3 Å². The van der Waals surface area contributed by atoms with E-state index in [0.29, 0.717) is 27.4 Å². The minimum Gasteiger partial charge on any atom is -0.338 e. The first kappa shape index (κ1) is 14.2. The first-order valence-corrected chi connectivity index (χ1v) is 7.82. The van der Waals surface area contributed by atoms with E-state index in [1.54, 1.807) is 18.2 Å². The Bertz CT molecular complexity index is 535. The Hall–Kier alpha value is -0.770. The lowest BCUT2D eigenvalue weighted by atomic mass is 9.78. The lowest BCUT2D eigenvalue weighted by Crippen LogP contribution is -2.38. The van der Waals surface area contributed by atoms with Crippen LogP contribution in [0, 0.1) is 11.8 Å². The molecule has 1 saturated heterocycles. The van der Waals surface area contributed by atoms with Gasteiger partial charge in [-0.2, -0.15) is 0 Å². The molecule has 20 heavy (non-hydrogen) atoms. The van der Waals surface area contributed by atoms with Crippen LogP contribution in [0.25, 0.3) is 0 Å². The second kappa shape index (κ2) is 5.55. The van der Waals surface area contributed by atoms with Crippen LogP contribution in [0.1, 0.15) is 29.6 Å². The molecule has 1 aromatic carbocycles. The third-order valence-corrected chi connectivity index (χ3v) is 5.16. The Kier molecular flexibility index (Phi) is 3.93. The average Bonchev–Trinajstić information content (AvgIpc) is 2.86. The molecule has 5 heteroatoms. The molecule has 1 heterocycles. The SMILES string of the molecule is NC1CCCC2CN(C(=O)c3cc(Cl)ccc3Cl)CC12. The molecule has 0 bridgehead atoms. The van der Waals surface area contributed by atoms with Gasteiger partial charge >= 0.3 is 0 Å². The number of rotatable bonds is 1. The Morgan fingerprint density at radius 2 is 2.05 bits per heavy atom. The largest absolute Gasteiger partial charge is 0.338 e. The zero-order valence-electron chi connectivity index (χ0n) is 11.2. The van der Waals surface area contributed by atoms with Gasteiger partial charge in [0.05, 0.1) is 10.6 Å². The molecule has 1 aliphatic heterocycles. The van der Waals surface area contributed by atoms with Crippen LogP contribution < -0.4 is 5.73 Å². The maximum absolute atomic E-state index is 12.6. The van der Waals surface area contributed by atoms with Gasteiger partial charge in [0.25, 0.3) is 5.91 Å². The Morgan fingerprint density at radius 3 is 2.80 bits per heavy atom. The Morgan fingerprint density at radius 1 is 1.25 bits per heavy atom. The van der Waals surface area contributed by atoms with Crippen molar-refractivity contribution >= 4 is 29.1 Å². The van der Waals surface area contributed by atoms with Gasteiger partial charge in [0.15, 0.2) is 0 Å². The monoisotopic (exact) mass is 312 g/mol. The quantitative estimate of drug-likeness (QED) is 0.865. The standard InChI is InChI=1S/C15H18Cl2N2O/c16-10-4-5-13(17)11(6-10)15(20)19-7-9-2-1-3-14(18)12(9)8-19/h4-6,9,12,14H,1-3,7-8,18H2. The summed E-state index contributed by atoms with van der Waals surface area (Å²) in [5, 5.41) is 0.990. The van der Waals surface area contributed by atoms with Crippen LogP contribution in [0.5, 0.6) is 0 Å². The van der Waals surface area contributed by atoms with Gasteiger partial charge in [0.2, 0.25) is 0 Å². The molecule has 3 nitrogen and oxygen atoms in total. The van der Waals surface area contributed by atoms with E-state index in [1.807, 2.05) is 4.90 Å². The fourth-order valence-corrected chi connectivity index (χ4v) is 3.88. The predicted octanol–water partition coefficient (Wildman–Crippen LogP) is 3.19. The zero-order valence-corrected chi connectivity index (χ0v) is 12.7. The summed E-state index contributed by atoms with van der Waals surface area (Å²) in [5.41, 5.74) is 6.68. The molecule has 0 aromatic heterocycles. The van der Waals surface area contributed by atoms with Crippen LogP contribution in [0.15, 0.2) is 18.2 Å². The Labute approximate surface area is 129 Å². The fraction of sp³-hybridized carbons (Fsp3) is 0.533. The number of nitrogens with zero attached hydrogens (tertiary/aromatic N) is 1. The van der Waals surface area contributed by atoms with E-state index in [-0.39, 0.29) is 11.9 Å². The van der Waals surface area contributed by atoms with Gasteiger partial charge in [-0.05, 0) is 42.9 Å². The van der Waals surface area contributed by atoms with Crippen molar-refractivity contribution in [3.05, 3.63) is 33.8 Å². The first-order chi connectivity index (χ1) is 9.56. The molecular weight excluding hydrogens is 295 g/mol. The van der Waals surface area contributed by atoms with Crippen molar-refractivity contribution in [2.24, 2.45) is 17.6 Å². The summed E-state index contributed by atoms with van der Waals surface area (Å²) in [4.78, 5) is 14.5. The van der Waals surface area contributed by atoms with Gasteiger partial charge in [-0.1, -0.05) is 29.6 Å². The molecule has 2 N–H and O–H groups in total. The molecule has 3 atom stereocenters. The van der Waals surface area contributed by atoms with Crippen molar-refractivity contribution < 1.29 is 4.79 Å². The van der Waals surface area contributed by atoms with Gasteiger partial charge in [-0.15, -0.1) is 0 Å². The second-order valence-electron chi connectivity index (χ2n) is 5.85. The van der Waals surface area contributed by atoms with Gasteiger partial charge in [0.1, 0.15) is 0 Å². The van der Waals surface area contributed by atoms with E-state index in [0.717, 1.165) is 19.5 Å². The number of halogens is 2. The topological polar surface area (TPSA) is 46.3 Å². The summed E-state index contributed by atoms with van der Waals surface area (Å²) in [6.45, 7) is 1.54. The molecule has 3 unspecified atom stereocenters. The van der Waals surface area contributed by atoms with E-state index in [4.69, 9.17) is 28.9 Å². The molecule has 1 aromatic rings. The number of hydrogen-bond acceptors (Lipinski definition) is 2. The van der Waals surface area contributed by atoms with E-state index in [9.17, 15) is 4.79 Å². The average molecular weight is 313 g/mol. The number of nitrogens with two attached hydrogens (primary N) is 1. The minimum absolute atomic E-state index is 0.0286. The number of benzene rings is 1. The predicted molar refractivity (Wildman–Crippen MR) is 81.2 cm³/mol. The molecule has 1 aliphatic carbocycles. The first-order valence-electron chi connectivity index (χ1n) is 7.06. The zero-order chi connectivity index (χ0) is 14.3. The number of carbonyl (C=O) groups excluding carboxylic acids is 1. The van der Waals surface area contributed by atoms with Crippen LogP contribution in [0.3, 0.4) is 0 Å². The third kappa shape index (κ3) is 2.54. The molecule has 108 valence electrons. The van der Waals surface area contributed by atoms with E-state index >= 15 is 0 Å². The molecule has 3 rings (SSSR count). The lowest BCUT2D eigenvalue weighted by molar-refractivity contribution is 0.0783. The lowest BCUT2D eigenvalue weighted by Gasteiger charge is -2.29. The normalized spacial score (nSPS) is 29.4. The smallest absolute Gasteiger partial charge is 0.255 e. The van der Waals surface area contributed by atoms with Gasteiger partial charge in [-0.25, -0.2) is 0 Å². The highest BCUT2D eigenvalue weighted by molar-refractivity contribution is 6.35. The number of amides is 1. The van der Waals surface area contributed by atoms with Crippen LogP contribution in [0.4, 0.5) is 0 Å². The van der Waals surface area contributed by atoms with Gasteiger partial charge in [0, 0.05) is 24.2 Å². The molecule has 1 saturated carbocycles. The molecule has 2 aliphatic rings. The van der Waals surface area contributed by atoms with Crippen molar-refractivity contribution in [2.75, 3.05) is 13.1 Å². The molecule has 0 spiro atoms. The number of hydrogen-bond donors (Lipinski definition) is 1. The number of likely N-dealkylation sites (tertiary alicyclic amines) is 1. The summed E-state index contributed by atoms with van der Waals surface area (Å²) in [7, 11) is 0. The van der Waals surface area contributed by atoms with Crippen LogP contribution in [0.2, 0.25) is 10.0 Å². The summed E-state index contributed by atoms with van der Waals surface area (Å²) in [6, 6.07) is 5.24. The molecular formula is C15H18Cl2N2O. The summed E-state index contributed by atoms with van der Waals surface area (Å²) in [5.74, 6) is 0.949. The van der Waals surface area contributed by atoms with Crippen molar-refractivity contribution in [1.29, 1.82) is 0 Å². The van der Waals surface area contributed by atoms with Crippen LogP contribution in [-0.2, 0) is 0 Å². The maximum Gasteiger partial charge on any atom is 0.255 e. The van der Waals surface area contributed by atoms with E-state index < -0.39 is 0 Å². The van der Waals surface area contributed by atoms with E-state index in [1.165, 1.54) is 12.8 Å². The Balaban J connectivity index is 1.80. The van der Waals surface area contributed by atoms with Crippen LogP contribution in [-0.4, -0.2) is 29.9 Å². The summed E-state index contributed by atoms with van der Waals surface area (Å²) >= 11 is 12.1. The number of fused-ring (bicyclic) bond motifs is 1. The second-order valence-corrected chi connectivity index (χ2v) is 6.70. The highest BCUT2D eigenvalue weighted by atomic mass is 35.5. The minimum atomic E-state index is -0.0286. The van der Waals surface area contributed by atoms with Crippen molar-refractivity contribution in [3.63, 3.8) is 0 Å². The third-order valence-electron chi connectivity index (χ3n) is 4.60. The summed E-state index contributed by atoms with van der Waals surface area (Å²) < 4.78 is 0. The summed E-state index contributed by atoms with van der Waals surface area (Å²) in [6.07, 6.45) is 3.41. The highest BCUT2D eigenvalue weighted by Crippen LogP contribution is 2.36. The van der Waals surface area contributed by atoms with Crippen molar-refractivity contribution in [1.82, 2.24) is 4.90 Å². The van der Waals surface area contributed by atoms with Gasteiger partial charge < -0.3 is 10.6 Å². The number of carbonyl (C=O) groups is 1. The maximum atomic E-state index is 12.6. The van der Waals surface area contributed by atoms with Gasteiger partial charge in [-0.3, -0.25) is 4.79 Å². The highest BCUT2D eigenvalue weighted by Gasteiger charge is 2.40. The van der Waals surface area contributed by atoms with E-state index in [2.05, 4.69) is 0 Å². The van der Waals surface area contributed by atoms with Crippen molar-refractivity contribution in [3.8, 4) is 0 Å².